The molecule has 7 rings (SSSR count). The number of nitrogens with zero attached hydrogens (tertiary/aromatic N) is 2. The van der Waals surface area contributed by atoms with Gasteiger partial charge in [-0.2, -0.15) is 0 Å². The van der Waals surface area contributed by atoms with Gasteiger partial charge in [-0.15, -0.1) is 0 Å². The van der Waals surface area contributed by atoms with E-state index < -0.39 is 17.4 Å². The van der Waals surface area contributed by atoms with Crippen molar-refractivity contribution in [3.05, 3.63) is 91.0 Å². The smallest absolute Gasteiger partial charge is 0.320 e. The molecule has 4 amide bonds. The van der Waals surface area contributed by atoms with Gasteiger partial charge in [0.2, 0.25) is 11.8 Å². The highest BCUT2D eigenvalue weighted by Gasteiger charge is 2.61. The fourth-order valence-electron chi connectivity index (χ4n) is 7.57. The Kier molecular flexibility index (Phi) is 8.37. The zero-order chi connectivity index (χ0) is 31.3. The number of rotatable bonds is 4. The van der Waals surface area contributed by atoms with Crippen LogP contribution in [-0.2, 0) is 15.0 Å². The molecule has 3 aromatic rings. The van der Waals surface area contributed by atoms with Crippen LogP contribution < -0.4 is 15.4 Å². The van der Waals surface area contributed by atoms with E-state index in [-0.39, 0.29) is 30.4 Å². The van der Waals surface area contributed by atoms with Gasteiger partial charge in [-0.25, -0.2) is 4.79 Å². The van der Waals surface area contributed by atoms with Crippen LogP contribution in [0.3, 0.4) is 0 Å². The van der Waals surface area contributed by atoms with E-state index in [0.29, 0.717) is 47.4 Å². The molecule has 1 unspecified atom stereocenters. The predicted octanol–water partition coefficient (Wildman–Crippen LogP) is 6.89. The minimum absolute atomic E-state index is 0.107. The van der Waals surface area contributed by atoms with Crippen molar-refractivity contribution in [2.45, 2.75) is 55.6 Å². The summed E-state index contributed by atoms with van der Waals surface area (Å²) in [5, 5.41) is 7.35. The summed E-state index contributed by atoms with van der Waals surface area (Å²) in [5.41, 5.74) is 1.74. The summed E-state index contributed by atoms with van der Waals surface area (Å²) in [6, 6.07) is 18.1. The third-order valence-electron chi connectivity index (χ3n) is 9.67. The number of halogens is 3. The van der Waals surface area contributed by atoms with Crippen LogP contribution >= 0.6 is 45.8 Å². The number of hydrogen-bond donors (Lipinski definition) is 2. The second-order valence-corrected chi connectivity index (χ2v) is 14.4. The first-order valence-electron chi connectivity index (χ1n) is 15.4. The maximum absolute atomic E-state index is 14.5. The van der Waals surface area contributed by atoms with Crippen LogP contribution in [0.2, 0.25) is 10.0 Å². The molecule has 4 aliphatic heterocycles. The molecule has 8 nitrogen and oxygen atoms in total. The Morgan fingerprint density at radius 1 is 0.911 bits per heavy atom. The van der Waals surface area contributed by atoms with E-state index in [0.717, 1.165) is 46.2 Å². The lowest BCUT2D eigenvalue weighted by Crippen LogP contribution is -2.57. The number of piperidine rings is 2. The van der Waals surface area contributed by atoms with Gasteiger partial charge < -0.3 is 25.2 Å². The van der Waals surface area contributed by atoms with Gasteiger partial charge in [0.1, 0.15) is 17.3 Å². The zero-order valence-electron chi connectivity index (χ0n) is 24.5. The average molecular weight is 759 g/mol. The molecule has 45 heavy (non-hydrogen) atoms. The molecule has 1 spiro atoms. The van der Waals surface area contributed by atoms with Crippen molar-refractivity contribution in [1.82, 2.24) is 15.1 Å². The number of carbonyl (C=O) groups is 3. The molecule has 0 aromatic heterocycles. The first-order chi connectivity index (χ1) is 21.7. The van der Waals surface area contributed by atoms with Crippen LogP contribution in [0.1, 0.15) is 60.8 Å². The number of carbonyl (C=O) groups excluding carboxylic acids is 3. The molecule has 3 aromatic carbocycles. The van der Waals surface area contributed by atoms with Gasteiger partial charge in [0, 0.05) is 76.2 Å². The summed E-state index contributed by atoms with van der Waals surface area (Å²) in [6.45, 7) is 2.90. The molecule has 3 atom stereocenters. The maximum atomic E-state index is 14.5. The van der Waals surface area contributed by atoms with Gasteiger partial charge in [-0.05, 0) is 89.0 Å². The Morgan fingerprint density at radius 2 is 1.64 bits per heavy atom. The number of likely N-dealkylation sites (tertiary alicyclic amines) is 2. The minimum atomic E-state index is -1.20. The number of urea groups is 1. The quantitative estimate of drug-likeness (QED) is 0.284. The molecule has 0 radical (unpaired) electrons. The molecule has 3 saturated heterocycles. The van der Waals surface area contributed by atoms with E-state index in [1.54, 1.807) is 18.2 Å². The fraction of sp³-hybridized carbons (Fsp3) is 0.382. The zero-order valence-corrected chi connectivity index (χ0v) is 28.2. The Morgan fingerprint density at radius 3 is 2.40 bits per heavy atom. The summed E-state index contributed by atoms with van der Waals surface area (Å²) in [6.07, 6.45) is 3.51. The Balaban J connectivity index is 1.27. The lowest BCUT2D eigenvalue weighted by Gasteiger charge is -2.47. The second kappa shape index (κ2) is 12.3. The first kappa shape index (κ1) is 30.6. The largest absolute Gasteiger partial charge is 0.490 e. The summed E-state index contributed by atoms with van der Waals surface area (Å²) in [5.74, 6) is -0.271. The molecular formula is C34H33Cl2IN4O4. The van der Waals surface area contributed by atoms with Crippen LogP contribution in [0.4, 0.5) is 10.5 Å². The molecule has 4 aliphatic rings. The van der Waals surface area contributed by atoms with Crippen molar-refractivity contribution >= 4 is 69.3 Å². The van der Waals surface area contributed by atoms with E-state index in [1.807, 2.05) is 52.3 Å². The van der Waals surface area contributed by atoms with Gasteiger partial charge >= 0.3 is 6.03 Å². The summed E-state index contributed by atoms with van der Waals surface area (Å²) >= 11 is 15.1. The Hall–Kier alpha value is -3.02. The molecule has 4 heterocycles. The Bertz CT molecular complexity index is 1670. The van der Waals surface area contributed by atoms with Crippen LogP contribution in [0.15, 0.2) is 60.7 Å². The normalized spacial score (nSPS) is 24.9. The SMILES string of the molecule is O=C1C[C@@H](c2cccc(Cl)c2)C2(C(=O)Nc3cc(Cl)ccc32)[C@@H](c2cc(I)ccc2OC2CCN(C(=O)N3CCCC3)CC2)N1. The predicted molar refractivity (Wildman–Crippen MR) is 182 cm³/mol. The second-order valence-electron chi connectivity index (χ2n) is 12.3. The van der Waals surface area contributed by atoms with E-state index in [2.05, 4.69) is 33.2 Å². The van der Waals surface area contributed by atoms with Crippen molar-refractivity contribution in [2.75, 3.05) is 31.5 Å². The van der Waals surface area contributed by atoms with E-state index in [1.165, 1.54) is 0 Å². The monoisotopic (exact) mass is 758 g/mol. The summed E-state index contributed by atoms with van der Waals surface area (Å²) < 4.78 is 7.66. The molecular weight excluding hydrogens is 726 g/mol. The lowest BCUT2D eigenvalue weighted by atomic mass is 9.59. The number of ether oxygens (including phenoxy) is 1. The lowest BCUT2D eigenvalue weighted by molar-refractivity contribution is -0.131. The van der Waals surface area contributed by atoms with Crippen molar-refractivity contribution < 1.29 is 19.1 Å². The molecule has 2 N–H and O–H groups in total. The van der Waals surface area contributed by atoms with Crippen molar-refractivity contribution in [3.63, 3.8) is 0 Å². The van der Waals surface area contributed by atoms with Crippen molar-refractivity contribution in [3.8, 4) is 5.75 Å². The van der Waals surface area contributed by atoms with E-state index in [4.69, 9.17) is 27.9 Å². The summed E-state index contributed by atoms with van der Waals surface area (Å²) in [7, 11) is 0. The maximum Gasteiger partial charge on any atom is 0.320 e. The van der Waals surface area contributed by atoms with Crippen molar-refractivity contribution in [2.24, 2.45) is 0 Å². The molecule has 0 saturated carbocycles. The number of amides is 4. The van der Waals surface area contributed by atoms with Crippen LogP contribution in [0, 0.1) is 3.57 Å². The van der Waals surface area contributed by atoms with Crippen LogP contribution in [0.5, 0.6) is 5.75 Å². The van der Waals surface area contributed by atoms with E-state index >= 15 is 0 Å². The molecule has 0 aliphatic carbocycles. The number of anilines is 1. The number of nitrogens with one attached hydrogen (secondary N) is 2. The van der Waals surface area contributed by atoms with Crippen LogP contribution in [-0.4, -0.2) is 59.9 Å². The Labute approximate surface area is 285 Å². The number of benzene rings is 3. The molecule has 11 heteroatoms. The van der Waals surface area contributed by atoms with Gasteiger partial charge in [-0.1, -0.05) is 41.4 Å². The highest BCUT2D eigenvalue weighted by Crippen LogP contribution is 2.58. The summed E-state index contributed by atoms with van der Waals surface area (Å²) in [4.78, 5) is 44.8. The molecule has 3 fully saturated rings. The minimum Gasteiger partial charge on any atom is -0.490 e. The third kappa shape index (κ3) is 5.54. The van der Waals surface area contributed by atoms with Gasteiger partial charge in [-0.3, -0.25) is 9.59 Å². The average Bonchev–Trinajstić information content (AvgIpc) is 3.66. The number of hydrogen-bond acceptors (Lipinski definition) is 4. The third-order valence-corrected chi connectivity index (χ3v) is 10.8. The standard InChI is InChI=1S/C34H33Cl2IN4O4/c35-21-5-3-4-20(16-21)27-19-30(42)39-31(34(27)26-8-6-22(36)17-28(26)38-32(34)43)25-18-23(37)7-9-29(25)45-24-10-14-41(15-11-24)33(44)40-12-1-2-13-40/h3-9,16-18,24,27,31H,1-2,10-15,19H2,(H,38,43)(H,39,42)/t27-,31+,34?/m0/s1. The fourth-order valence-corrected chi connectivity index (χ4v) is 8.46. The van der Waals surface area contributed by atoms with Gasteiger partial charge in [0.25, 0.3) is 0 Å². The molecule has 0 bridgehead atoms. The molecule has 234 valence electrons. The van der Waals surface area contributed by atoms with Crippen LogP contribution in [0.25, 0.3) is 0 Å². The van der Waals surface area contributed by atoms with Gasteiger partial charge in [0.15, 0.2) is 0 Å². The topological polar surface area (TPSA) is 91.0 Å². The highest BCUT2D eigenvalue weighted by atomic mass is 127. The highest BCUT2D eigenvalue weighted by molar-refractivity contribution is 14.1. The van der Waals surface area contributed by atoms with Crippen molar-refractivity contribution in [1.29, 1.82) is 0 Å². The first-order valence-corrected chi connectivity index (χ1v) is 17.2. The van der Waals surface area contributed by atoms with Gasteiger partial charge in [0.05, 0.1) is 6.04 Å². The number of fused-ring (bicyclic) bond motifs is 2. The van der Waals surface area contributed by atoms with E-state index in [9.17, 15) is 14.4 Å².